The summed E-state index contributed by atoms with van der Waals surface area (Å²) in [5.74, 6) is -1.71. The van der Waals surface area contributed by atoms with Crippen molar-refractivity contribution in [2.24, 2.45) is 0 Å². The highest BCUT2D eigenvalue weighted by atomic mass is 16.6. The van der Waals surface area contributed by atoms with Gasteiger partial charge in [-0.2, -0.15) is 0 Å². The molecule has 1 heterocycles. The third kappa shape index (κ3) is 10.0. The van der Waals surface area contributed by atoms with Crippen LogP contribution >= 0.6 is 0 Å². The topological polar surface area (TPSA) is 99.0 Å². The lowest BCUT2D eigenvalue weighted by atomic mass is 9.97. The van der Waals surface area contributed by atoms with E-state index in [1.165, 1.54) is 18.9 Å². The largest absolute Gasteiger partial charge is 0.460 e. The number of benzene rings is 1. The zero-order valence-electron chi connectivity index (χ0n) is 19.1. The summed E-state index contributed by atoms with van der Waals surface area (Å²) < 4.78 is 9.66. The molecule has 0 radical (unpaired) electrons. The maximum absolute atomic E-state index is 12.1. The Morgan fingerprint density at radius 1 is 1.10 bits per heavy atom. The highest BCUT2D eigenvalue weighted by Crippen LogP contribution is 2.24. The average molecular weight is 437 g/mol. The number of nitro groups is 1. The Kier molecular flexibility index (Phi) is 13.3. The van der Waals surface area contributed by atoms with Crippen molar-refractivity contribution in [1.82, 2.24) is 4.90 Å². The normalized spacial score (nSPS) is 12.9. The lowest BCUT2D eigenvalue weighted by Gasteiger charge is -2.21. The molecule has 1 aliphatic rings. The third-order valence-corrected chi connectivity index (χ3v) is 4.89. The van der Waals surface area contributed by atoms with Gasteiger partial charge in [-0.15, -0.1) is 0 Å². The fourth-order valence-corrected chi connectivity index (χ4v) is 3.43. The van der Waals surface area contributed by atoms with Crippen LogP contribution in [0.25, 0.3) is 0 Å². The first-order chi connectivity index (χ1) is 14.9. The van der Waals surface area contributed by atoms with Gasteiger partial charge < -0.3 is 14.4 Å². The molecular formula is C23H36N2O6. The number of esters is 1. The van der Waals surface area contributed by atoms with Crippen LogP contribution in [0.3, 0.4) is 0 Å². The van der Waals surface area contributed by atoms with Crippen LogP contribution in [0.15, 0.2) is 18.2 Å². The summed E-state index contributed by atoms with van der Waals surface area (Å²) in [4.78, 5) is 36.8. The van der Waals surface area contributed by atoms with Gasteiger partial charge in [-0.05, 0) is 57.7 Å². The van der Waals surface area contributed by atoms with Gasteiger partial charge >= 0.3 is 5.97 Å². The Bertz CT molecular complexity index is 690. The fourth-order valence-electron chi connectivity index (χ4n) is 3.43. The molecule has 0 saturated carbocycles. The Balaban J connectivity index is 0.000000836. The van der Waals surface area contributed by atoms with E-state index in [-0.39, 0.29) is 18.7 Å². The van der Waals surface area contributed by atoms with Crippen LogP contribution in [0.1, 0.15) is 57.6 Å². The van der Waals surface area contributed by atoms with Crippen LogP contribution in [0.4, 0.5) is 5.69 Å². The summed E-state index contributed by atoms with van der Waals surface area (Å²) in [7, 11) is 0. The van der Waals surface area contributed by atoms with E-state index in [2.05, 4.69) is 18.7 Å². The zero-order chi connectivity index (χ0) is 23.1. The van der Waals surface area contributed by atoms with Crippen molar-refractivity contribution in [2.75, 3.05) is 39.5 Å². The lowest BCUT2D eigenvalue weighted by molar-refractivity contribution is -0.385. The van der Waals surface area contributed by atoms with E-state index in [0.29, 0.717) is 12.0 Å². The van der Waals surface area contributed by atoms with Crippen molar-refractivity contribution in [3.05, 3.63) is 39.4 Å². The van der Waals surface area contributed by atoms with E-state index in [9.17, 15) is 19.7 Å². The molecule has 0 N–H and O–H groups in total. The number of carbonyl (C=O) groups is 2. The van der Waals surface area contributed by atoms with E-state index in [4.69, 9.17) is 9.47 Å². The van der Waals surface area contributed by atoms with E-state index in [1.54, 1.807) is 19.1 Å². The molecule has 1 fully saturated rings. The second kappa shape index (κ2) is 15.5. The van der Waals surface area contributed by atoms with Crippen LogP contribution in [0.5, 0.6) is 0 Å². The van der Waals surface area contributed by atoms with E-state index in [0.717, 1.165) is 51.3 Å². The summed E-state index contributed by atoms with van der Waals surface area (Å²) in [5, 5.41) is 11.4. The number of nitro benzene ring substituents is 1. The van der Waals surface area contributed by atoms with Crippen molar-refractivity contribution in [3.8, 4) is 0 Å². The van der Waals surface area contributed by atoms with Crippen molar-refractivity contribution >= 4 is 17.4 Å². The summed E-state index contributed by atoms with van der Waals surface area (Å²) in [6, 6.07) is 4.78. The van der Waals surface area contributed by atoms with Crippen molar-refractivity contribution < 1.29 is 24.0 Å². The lowest BCUT2D eigenvalue weighted by Crippen LogP contribution is -2.28. The molecule has 8 nitrogen and oxygen atoms in total. The summed E-state index contributed by atoms with van der Waals surface area (Å²) in [6.07, 6.45) is 4.90. The molecule has 0 spiro atoms. The number of carbonyl (C=O) groups excluding carboxylic acids is 2. The Labute approximate surface area is 185 Å². The maximum atomic E-state index is 12.1. The van der Waals surface area contributed by atoms with Crippen molar-refractivity contribution in [2.45, 2.75) is 59.3 Å². The molecule has 0 unspecified atom stereocenters. The zero-order valence-corrected chi connectivity index (χ0v) is 19.1. The Hall–Kier alpha value is -2.32. The minimum Gasteiger partial charge on any atom is -0.460 e. The third-order valence-electron chi connectivity index (χ3n) is 4.89. The van der Waals surface area contributed by atoms with Crippen molar-refractivity contribution in [3.63, 3.8) is 0 Å². The van der Waals surface area contributed by atoms with E-state index < -0.39 is 16.7 Å². The number of rotatable bonds is 12. The summed E-state index contributed by atoms with van der Waals surface area (Å²) >= 11 is 0. The van der Waals surface area contributed by atoms with Gasteiger partial charge in [-0.1, -0.05) is 26.0 Å². The molecule has 1 aliphatic heterocycles. The molecule has 0 aromatic heterocycles. The molecule has 31 heavy (non-hydrogen) atoms. The molecule has 8 heteroatoms. The fraction of sp³-hybridized carbons (Fsp3) is 0.652. The maximum Gasteiger partial charge on any atom is 0.374 e. The predicted octanol–water partition coefficient (Wildman–Crippen LogP) is 3.73. The van der Waals surface area contributed by atoms with Gasteiger partial charge in [-0.3, -0.25) is 14.9 Å². The summed E-state index contributed by atoms with van der Waals surface area (Å²) in [5.41, 5.74) is 0.912. The molecule has 1 saturated heterocycles. The van der Waals surface area contributed by atoms with Crippen LogP contribution in [0.2, 0.25) is 0 Å². The van der Waals surface area contributed by atoms with Crippen LogP contribution in [-0.2, 0) is 31.9 Å². The molecule has 0 atom stereocenters. The molecular weight excluding hydrogens is 400 g/mol. The molecule has 0 amide bonds. The minimum absolute atomic E-state index is 0.0946. The van der Waals surface area contributed by atoms with Gasteiger partial charge in [0.25, 0.3) is 5.69 Å². The SMILES string of the molecule is C1CCOC1.CCCN(CCC)CCc1cccc([N+](=O)[O-])c1CC(=O)C(=O)OCC. The standard InChI is InChI=1S/C19H28N2O5.C4H8O/c1-4-11-20(12-5-2)13-10-15-8-7-9-17(21(24)25)16(15)14-18(22)19(23)26-6-3;1-2-4-5-3-1/h7-9H,4-6,10-14H2,1-3H3;1-4H2. The first-order valence-corrected chi connectivity index (χ1v) is 11.2. The van der Waals surface area contributed by atoms with Gasteiger partial charge in [0.2, 0.25) is 5.78 Å². The minimum atomic E-state index is -0.949. The number of hydrogen-bond donors (Lipinski definition) is 0. The van der Waals surface area contributed by atoms with Crippen LogP contribution < -0.4 is 0 Å². The molecule has 0 bridgehead atoms. The van der Waals surface area contributed by atoms with Gasteiger partial charge in [0, 0.05) is 31.4 Å². The van der Waals surface area contributed by atoms with Gasteiger partial charge in [0.1, 0.15) is 0 Å². The number of hydrogen-bond acceptors (Lipinski definition) is 7. The smallest absolute Gasteiger partial charge is 0.374 e. The first kappa shape index (κ1) is 26.7. The highest BCUT2D eigenvalue weighted by molar-refractivity contribution is 6.34. The number of Topliss-reactive ketones (excluding diaryl/α,β-unsaturated/α-hetero) is 1. The van der Waals surface area contributed by atoms with E-state index >= 15 is 0 Å². The second-order valence-corrected chi connectivity index (χ2v) is 7.40. The Morgan fingerprint density at radius 2 is 1.74 bits per heavy atom. The van der Waals surface area contributed by atoms with Gasteiger partial charge in [0.05, 0.1) is 18.0 Å². The number of nitrogens with zero attached hydrogens (tertiary/aromatic N) is 2. The monoisotopic (exact) mass is 436 g/mol. The average Bonchev–Trinajstić information content (AvgIpc) is 3.33. The molecule has 0 aliphatic carbocycles. The first-order valence-electron chi connectivity index (χ1n) is 11.2. The predicted molar refractivity (Wildman–Crippen MR) is 119 cm³/mol. The molecule has 174 valence electrons. The highest BCUT2D eigenvalue weighted by Gasteiger charge is 2.24. The molecule has 2 rings (SSSR count). The van der Waals surface area contributed by atoms with Crippen molar-refractivity contribution in [1.29, 1.82) is 0 Å². The number of ether oxygens (including phenoxy) is 2. The summed E-state index contributed by atoms with van der Waals surface area (Å²) in [6.45, 7) is 10.6. The quantitative estimate of drug-likeness (QED) is 0.213. The molecule has 1 aromatic rings. The Morgan fingerprint density at radius 3 is 2.23 bits per heavy atom. The number of ketones is 1. The molecule has 1 aromatic carbocycles. The van der Waals surface area contributed by atoms with Gasteiger partial charge in [-0.25, -0.2) is 4.79 Å². The van der Waals surface area contributed by atoms with Crippen LogP contribution in [-0.4, -0.2) is 61.0 Å². The van der Waals surface area contributed by atoms with Crippen LogP contribution in [0, 0.1) is 10.1 Å². The second-order valence-electron chi connectivity index (χ2n) is 7.40. The van der Waals surface area contributed by atoms with Gasteiger partial charge in [0.15, 0.2) is 0 Å². The van der Waals surface area contributed by atoms with E-state index in [1.807, 2.05) is 0 Å².